The summed E-state index contributed by atoms with van der Waals surface area (Å²) in [6.07, 6.45) is 2.07. The predicted octanol–water partition coefficient (Wildman–Crippen LogP) is 1.68. The number of aromatic nitrogens is 1. The Morgan fingerprint density at radius 1 is 1.62 bits per heavy atom. The van der Waals surface area contributed by atoms with Crippen molar-refractivity contribution in [2.24, 2.45) is 5.92 Å². The van der Waals surface area contributed by atoms with Crippen LogP contribution < -0.4 is 5.32 Å². The molecule has 0 radical (unpaired) electrons. The largest absolute Gasteiger partial charge is 0.476 e. The number of carbonyl (C=O) groups is 1. The number of nitrogens with zero attached hydrogens (tertiary/aromatic N) is 1. The summed E-state index contributed by atoms with van der Waals surface area (Å²) < 4.78 is 5.27. The monoisotopic (exact) mass is 242 g/mol. The van der Waals surface area contributed by atoms with E-state index in [-0.39, 0.29) is 5.69 Å². The van der Waals surface area contributed by atoms with Crippen molar-refractivity contribution in [2.45, 2.75) is 12.8 Å². The Labute approximate surface area is 97.5 Å². The molecule has 2 heterocycles. The molecule has 0 amide bonds. The summed E-state index contributed by atoms with van der Waals surface area (Å²) in [5, 5.41) is 12.7. The fourth-order valence-corrected chi connectivity index (χ4v) is 2.39. The molecule has 0 bridgehead atoms. The van der Waals surface area contributed by atoms with Crippen LogP contribution in [0.15, 0.2) is 5.51 Å². The predicted molar refractivity (Wildman–Crippen MR) is 61.1 cm³/mol. The van der Waals surface area contributed by atoms with Crippen molar-refractivity contribution in [1.29, 1.82) is 0 Å². The number of rotatable bonds is 4. The van der Waals surface area contributed by atoms with E-state index in [9.17, 15) is 4.79 Å². The third-order valence-corrected chi connectivity index (χ3v) is 3.45. The third kappa shape index (κ3) is 2.70. The van der Waals surface area contributed by atoms with Crippen LogP contribution in [0.25, 0.3) is 0 Å². The highest BCUT2D eigenvalue weighted by molar-refractivity contribution is 7.14. The maximum atomic E-state index is 10.8. The van der Waals surface area contributed by atoms with Gasteiger partial charge in [-0.15, -0.1) is 11.3 Å². The number of nitrogens with one attached hydrogen (secondary N) is 1. The van der Waals surface area contributed by atoms with Crippen molar-refractivity contribution < 1.29 is 14.6 Å². The fraction of sp³-hybridized carbons (Fsp3) is 0.600. The first-order valence-electron chi connectivity index (χ1n) is 5.26. The zero-order valence-corrected chi connectivity index (χ0v) is 9.63. The lowest BCUT2D eigenvalue weighted by Crippen LogP contribution is -2.22. The van der Waals surface area contributed by atoms with Crippen molar-refractivity contribution in [3.63, 3.8) is 0 Å². The van der Waals surface area contributed by atoms with Crippen LogP contribution in [0.3, 0.4) is 0 Å². The van der Waals surface area contributed by atoms with Crippen LogP contribution in [-0.2, 0) is 4.74 Å². The minimum atomic E-state index is -0.976. The Kier molecular flexibility index (Phi) is 3.74. The fourth-order valence-electron chi connectivity index (χ4n) is 1.71. The molecule has 1 saturated heterocycles. The number of thiazole rings is 1. The smallest absolute Gasteiger partial charge is 0.357 e. The highest BCUT2D eigenvalue weighted by Gasteiger charge is 2.17. The molecular weight excluding hydrogens is 228 g/mol. The van der Waals surface area contributed by atoms with E-state index in [0.717, 1.165) is 32.6 Å². The van der Waals surface area contributed by atoms with Gasteiger partial charge in [-0.25, -0.2) is 9.78 Å². The van der Waals surface area contributed by atoms with Gasteiger partial charge in [0.2, 0.25) is 0 Å². The number of anilines is 1. The van der Waals surface area contributed by atoms with Gasteiger partial charge in [-0.2, -0.15) is 0 Å². The first-order valence-corrected chi connectivity index (χ1v) is 6.13. The van der Waals surface area contributed by atoms with E-state index in [1.807, 2.05) is 0 Å². The quantitative estimate of drug-likeness (QED) is 0.840. The normalized spacial score (nSPS) is 17.2. The summed E-state index contributed by atoms with van der Waals surface area (Å²) in [5.41, 5.74) is 1.67. The van der Waals surface area contributed by atoms with Gasteiger partial charge in [0.25, 0.3) is 0 Å². The molecule has 88 valence electrons. The first-order chi connectivity index (χ1) is 7.77. The Hall–Kier alpha value is -1.14. The molecule has 16 heavy (non-hydrogen) atoms. The molecule has 0 spiro atoms. The highest BCUT2D eigenvalue weighted by atomic mass is 32.1. The zero-order chi connectivity index (χ0) is 11.4. The number of carboxylic acid groups (broad SMARTS) is 1. The van der Waals surface area contributed by atoms with Gasteiger partial charge in [0.05, 0.1) is 5.51 Å². The molecule has 0 aliphatic carbocycles. The second-order valence-electron chi connectivity index (χ2n) is 3.77. The Morgan fingerprint density at radius 2 is 2.38 bits per heavy atom. The molecule has 1 aromatic heterocycles. The van der Waals surface area contributed by atoms with Gasteiger partial charge in [-0.05, 0) is 18.8 Å². The number of hydrogen-bond acceptors (Lipinski definition) is 5. The van der Waals surface area contributed by atoms with E-state index < -0.39 is 5.97 Å². The van der Waals surface area contributed by atoms with E-state index in [2.05, 4.69) is 10.3 Å². The molecule has 1 aliphatic heterocycles. The lowest BCUT2D eigenvalue weighted by molar-refractivity contribution is 0.0686. The second kappa shape index (κ2) is 5.27. The minimum Gasteiger partial charge on any atom is -0.476 e. The molecule has 1 aromatic rings. The molecule has 0 unspecified atom stereocenters. The lowest BCUT2D eigenvalue weighted by Gasteiger charge is -2.22. The topological polar surface area (TPSA) is 71.5 Å². The van der Waals surface area contributed by atoms with Gasteiger partial charge in [0.15, 0.2) is 5.69 Å². The van der Waals surface area contributed by atoms with Crippen LogP contribution in [0.5, 0.6) is 0 Å². The summed E-state index contributed by atoms with van der Waals surface area (Å²) in [6.45, 7) is 2.41. The van der Waals surface area contributed by atoms with Crippen LogP contribution in [0.1, 0.15) is 23.3 Å². The number of aromatic carboxylic acids is 1. The Balaban J connectivity index is 1.88. The summed E-state index contributed by atoms with van der Waals surface area (Å²) in [5.74, 6) is -0.409. The van der Waals surface area contributed by atoms with Gasteiger partial charge in [-0.1, -0.05) is 0 Å². The Morgan fingerprint density at radius 3 is 3.06 bits per heavy atom. The minimum absolute atomic E-state index is 0.122. The molecule has 0 saturated carbocycles. The van der Waals surface area contributed by atoms with Crippen molar-refractivity contribution in [3.8, 4) is 0 Å². The average Bonchev–Trinajstić information content (AvgIpc) is 2.76. The number of hydrogen-bond donors (Lipinski definition) is 2. The second-order valence-corrected chi connectivity index (χ2v) is 4.63. The van der Waals surface area contributed by atoms with Crippen LogP contribution in [0.2, 0.25) is 0 Å². The molecule has 1 aliphatic rings. The van der Waals surface area contributed by atoms with Crippen molar-refractivity contribution in [2.75, 3.05) is 25.1 Å². The first kappa shape index (κ1) is 11.3. The van der Waals surface area contributed by atoms with Crippen molar-refractivity contribution in [1.82, 2.24) is 4.98 Å². The van der Waals surface area contributed by atoms with Crippen LogP contribution >= 0.6 is 11.3 Å². The van der Waals surface area contributed by atoms with Crippen LogP contribution in [0.4, 0.5) is 5.00 Å². The molecular formula is C10H14N2O3S. The van der Waals surface area contributed by atoms with Crippen LogP contribution in [0, 0.1) is 5.92 Å². The molecule has 1 fully saturated rings. The number of carboxylic acids is 1. The van der Waals surface area contributed by atoms with Gasteiger partial charge in [0.1, 0.15) is 5.00 Å². The maximum absolute atomic E-state index is 10.8. The van der Waals surface area contributed by atoms with E-state index in [1.165, 1.54) is 11.3 Å². The van der Waals surface area contributed by atoms with Crippen molar-refractivity contribution in [3.05, 3.63) is 11.2 Å². The summed E-state index contributed by atoms with van der Waals surface area (Å²) in [4.78, 5) is 14.6. The van der Waals surface area contributed by atoms with Crippen molar-refractivity contribution >= 4 is 22.3 Å². The summed E-state index contributed by atoms with van der Waals surface area (Å²) in [6, 6.07) is 0. The van der Waals surface area contributed by atoms with Gasteiger partial charge >= 0.3 is 5.97 Å². The van der Waals surface area contributed by atoms with E-state index in [4.69, 9.17) is 9.84 Å². The van der Waals surface area contributed by atoms with Crippen LogP contribution in [-0.4, -0.2) is 35.8 Å². The van der Waals surface area contributed by atoms with E-state index in [1.54, 1.807) is 5.51 Å². The maximum Gasteiger partial charge on any atom is 0.357 e. The molecule has 0 aromatic carbocycles. The third-order valence-electron chi connectivity index (χ3n) is 2.66. The Bertz CT molecular complexity index is 361. The molecule has 2 N–H and O–H groups in total. The molecule has 2 rings (SSSR count). The van der Waals surface area contributed by atoms with E-state index >= 15 is 0 Å². The summed E-state index contributed by atoms with van der Waals surface area (Å²) >= 11 is 1.33. The average molecular weight is 242 g/mol. The lowest BCUT2D eigenvalue weighted by atomic mass is 10.0. The summed E-state index contributed by atoms with van der Waals surface area (Å²) in [7, 11) is 0. The molecule has 6 heteroatoms. The van der Waals surface area contributed by atoms with E-state index in [0.29, 0.717) is 10.9 Å². The highest BCUT2D eigenvalue weighted by Crippen LogP contribution is 2.22. The van der Waals surface area contributed by atoms with Gasteiger partial charge < -0.3 is 15.2 Å². The zero-order valence-electron chi connectivity index (χ0n) is 8.81. The standard InChI is InChI=1S/C10H14N2O3S/c13-10(14)8-9(16-6-12-8)11-5-7-1-3-15-4-2-7/h6-7,11H,1-5H2,(H,13,14). The number of ether oxygens (including phenoxy) is 1. The SMILES string of the molecule is O=C(O)c1ncsc1NCC1CCOCC1. The van der Waals surface area contributed by atoms with Gasteiger partial charge in [-0.3, -0.25) is 0 Å². The molecule has 5 nitrogen and oxygen atoms in total. The molecule has 0 atom stereocenters. The van der Waals surface area contributed by atoms with Gasteiger partial charge in [0, 0.05) is 19.8 Å².